The number of allylic oxidation sites excluding steroid dienone is 1. The summed E-state index contributed by atoms with van der Waals surface area (Å²) in [5.74, 6) is 0.573. The molecule has 13 heteroatoms. The molecular formula is C45H59ClN2O10. The van der Waals surface area contributed by atoms with Crippen LogP contribution in [0.25, 0.3) is 0 Å². The zero-order chi connectivity index (χ0) is 41.3. The molecule has 4 aliphatic rings. The van der Waals surface area contributed by atoms with Crippen molar-refractivity contribution in [1.29, 1.82) is 0 Å². The van der Waals surface area contributed by atoms with Gasteiger partial charge in [0.25, 0.3) is 0 Å². The number of hydrogen-bond donors (Lipinski definition) is 2. The zero-order valence-corrected chi connectivity index (χ0v) is 34.8. The Morgan fingerprint density at radius 1 is 1.00 bits per heavy atom. The van der Waals surface area contributed by atoms with Crippen molar-refractivity contribution in [2.75, 3.05) is 45.7 Å². The number of ether oxygens (including phenoxy) is 6. The summed E-state index contributed by atoms with van der Waals surface area (Å²) in [5.41, 5.74) is 2.74. The molecular weight excluding hydrogens is 764 g/mol. The van der Waals surface area contributed by atoms with Crippen LogP contribution in [0.2, 0.25) is 0 Å². The van der Waals surface area contributed by atoms with Crippen molar-refractivity contribution in [3.63, 3.8) is 0 Å². The second-order valence-corrected chi connectivity index (χ2v) is 16.6. The SMILES string of the molecule is C=CCOc1ccc2c(c1)[C@H]1[C@H](CCCCO)[C@@H](CCCCO)C=C3C(=NOC(C)(C)C)C[C@H](N(Cc4ccc5c(c4)OCO5)C(=O)OCCCl)[C@@](OCC=C)(O2)[C@H]31. The number of alkyl halides is 1. The first-order valence-corrected chi connectivity index (χ1v) is 21.0. The number of carbonyl (C=O) groups is 1. The van der Waals surface area contributed by atoms with Crippen molar-refractivity contribution >= 4 is 23.4 Å². The molecule has 12 nitrogen and oxygen atoms in total. The van der Waals surface area contributed by atoms with Gasteiger partial charge in [-0.3, -0.25) is 4.90 Å². The topological polar surface area (TPSA) is 138 Å². The standard InChI is InChI=1S/C45H59ClN2O10/c1-6-21-52-32-15-17-37-35(26-32)41-33(13-9-11-20-50)31(12-8-10-19-49)25-34-36(47-58-44(3,4)5)27-40(45(57-37,42(34)41)56-22-7-2)48(43(51)53-23-18-46)28-30-14-16-38-39(24-30)55-29-54-38/h6-7,14-17,24-26,31,33,40-42,49-50H,1-2,8-13,18-23,27-29H2,3-5H3/t31-,33+,40-,41+,42+,45+/m0/s1. The summed E-state index contributed by atoms with van der Waals surface area (Å²) in [6.45, 7) is 14.6. The number of aliphatic hydroxyl groups is 2. The molecule has 0 aromatic heterocycles. The molecule has 1 amide bonds. The highest BCUT2D eigenvalue weighted by Gasteiger charge is 2.65. The highest BCUT2D eigenvalue weighted by atomic mass is 35.5. The third kappa shape index (κ3) is 9.62. The van der Waals surface area contributed by atoms with E-state index in [4.69, 9.17) is 50.0 Å². The Morgan fingerprint density at radius 2 is 1.74 bits per heavy atom. The molecule has 6 rings (SSSR count). The molecule has 0 bridgehead atoms. The summed E-state index contributed by atoms with van der Waals surface area (Å²) >= 11 is 6.09. The first-order valence-electron chi connectivity index (χ1n) is 20.5. The van der Waals surface area contributed by atoms with Gasteiger partial charge in [-0.2, -0.15) is 0 Å². The van der Waals surface area contributed by atoms with Gasteiger partial charge in [-0.15, -0.1) is 18.2 Å². The predicted octanol–water partition coefficient (Wildman–Crippen LogP) is 8.29. The number of halogens is 1. The Morgan fingerprint density at radius 3 is 2.47 bits per heavy atom. The van der Waals surface area contributed by atoms with Crippen LogP contribution in [0.3, 0.4) is 0 Å². The molecule has 2 aromatic rings. The molecule has 0 spiro atoms. The van der Waals surface area contributed by atoms with Crippen LogP contribution in [0.1, 0.15) is 82.8 Å². The maximum atomic E-state index is 14.5. The average molecular weight is 823 g/mol. The predicted molar refractivity (Wildman–Crippen MR) is 222 cm³/mol. The third-order valence-electron chi connectivity index (χ3n) is 11.1. The summed E-state index contributed by atoms with van der Waals surface area (Å²) < 4.78 is 37.6. The minimum Gasteiger partial charge on any atom is -0.490 e. The first-order chi connectivity index (χ1) is 28.1. The maximum absolute atomic E-state index is 14.5. The largest absolute Gasteiger partial charge is 0.490 e. The number of unbranched alkanes of at least 4 members (excludes halogenated alkanes) is 2. The fourth-order valence-corrected chi connectivity index (χ4v) is 8.91. The van der Waals surface area contributed by atoms with Crippen LogP contribution < -0.4 is 18.9 Å². The van der Waals surface area contributed by atoms with Gasteiger partial charge in [0.1, 0.15) is 36.4 Å². The number of carbonyl (C=O) groups excluding carboxylic acids is 1. The number of oxime groups is 1. The number of nitrogens with zero attached hydrogens (tertiary/aromatic N) is 2. The van der Waals surface area contributed by atoms with E-state index in [1.54, 1.807) is 17.1 Å². The molecule has 2 aliphatic heterocycles. The van der Waals surface area contributed by atoms with Gasteiger partial charge >= 0.3 is 6.09 Å². The van der Waals surface area contributed by atoms with Crippen molar-refractivity contribution in [1.82, 2.24) is 4.90 Å². The van der Waals surface area contributed by atoms with Gasteiger partial charge in [0, 0.05) is 37.7 Å². The number of hydrogen-bond acceptors (Lipinski definition) is 11. The van der Waals surface area contributed by atoms with Crippen LogP contribution in [-0.2, 0) is 20.9 Å². The van der Waals surface area contributed by atoms with Crippen molar-refractivity contribution in [3.8, 4) is 23.0 Å². The lowest BCUT2D eigenvalue weighted by atomic mass is 9.55. The van der Waals surface area contributed by atoms with Crippen molar-refractivity contribution in [2.24, 2.45) is 22.9 Å². The highest BCUT2D eigenvalue weighted by molar-refractivity contribution is 6.18. The van der Waals surface area contributed by atoms with E-state index in [1.165, 1.54) is 0 Å². The molecule has 1 saturated carbocycles. The summed E-state index contributed by atoms with van der Waals surface area (Å²) in [5, 5.41) is 24.7. The summed E-state index contributed by atoms with van der Waals surface area (Å²) in [7, 11) is 0. The molecule has 0 unspecified atom stereocenters. The molecule has 1 fully saturated rings. The lowest BCUT2D eigenvalue weighted by Gasteiger charge is -2.60. The number of amides is 1. The number of rotatable bonds is 20. The van der Waals surface area contributed by atoms with Gasteiger partial charge in [0.15, 0.2) is 11.5 Å². The van der Waals surface area contributed by atoms with E-state index in [2.05, 4.69) is 25.3 Å². The van der Waals surface area contributed by atoms with E-state index in [1.807, 2.05) is 51.1 Å². The van der Waals surface area contributed by atoms with E-state index in [0.717, 1.165) is 42.4 Å². The first kappa shape index (κ1) is 43.4. The van der Waals surface area contributed by atoms with Crippen LogP contribution in [0.5, 0.6) is 23.0 Å². The Bertz CT molecular complexity index is 1810. The molecule has 2 N–H and O–H groups in total. The van der Waals surface area contributed by atoms with Gasteiger partial charge in [-0.25, -0.2) is 4.79 Å². The monoisotopic (exact) mass is 822 g/mol. The number of fused-ring (bicyclic) bond motifs is 3. The molecule has 58 heavy (non-hydrogen) atoms. The second kappa shape index (κ2) is 19.7. The van der Waals surface area contributed by atoms with E-state index in [0.29, 0.717) is 48.2 Å². The van der Waals surface area contributed by atoms with Gasteiger partial charge in [0.2, 0.25) is 12.6 Å². The van der Waals surface area contributed by atoms with Gasteiger partial charge in [0.05, 0.1) is 24.1 Å². The molecule has 2 aliphatic carbocycles. The molecule has 2 aromatic carbocycles. The Balaban J connectivity index is 1.61. The Kier molecular flexibility index (Phi) is 14.7. The zero-order valence-electron chi connectivity index (χ0n) is 34.0. The lowest BCUT2D eigenvalue weighted by molar-refractivity contribution is -0.256. The normalized spacial score (nSPS) is 24.8. The average Bonchev–Trinajstić information content (AvgIpc) is 3.69. The van der Waals surface area contributed by atoms with Crippen molar-refractivity contribution < 1.29 is 48.3 Å². The Labute approximate surface area is 347 Å². The summed E-state index contributed by atoms with van der Waals surface area (Å²) in [6.07, 6.45) is 9.92. The van der Waals surface area contributed by atoms with Gasteiger partial charge < -0.3 is 43.5 Å². The van der Waals surface area contributed by atoms with Gasteiger partial charge in [-0.1, -0.05) is 48.9 Å². The summed E-state index contributed by atoms with van der Waals surface area (Å²) in [6, 6.07) is 10.7. The van der Waals surface area contributed by atoms with Crippen LogP contribution in [0.4, 0.5) is 4.79 Å². The van der Waals surface area contributed by atoms with E-state index in [9.17, 15) is 15.0 Å². The third-order valence-corrected chi connectivity index (χ3v) is 11.3. The molecule has 6 atom stereocenters. The number of benzene rings is 2. The van der Waals surface area contributed by atoms with Crippen LogP contribution in [0.15, 0.2) is 78.5 Å². The smallest absolute Gasteiger partial charge is 0.410 e. The number of aliphatic hydroxyl groups excluding tert-OH is 2. The maximum Gasteiger partial charge on any atom is 0.410 e. The second-order valence-electron chi connectivity index (χ2n) is 16.2. The highest BCUT2D eigenvalue weighted by Crippen LogP contribution is 2.62. The van der Waals surface area contributed by atoms with E-state index < -0.39 is 29.4 Å². The van der Waals surface area contributed by atoms with Crippen molar-refractivity contribution in [3.05, 3.63) is 84.5 Å². The fourth-order valence-electron chi connectivity index (χ4n) is 8.83. The molecule has 316 valence electrons. The molecule has 0 radical (unpaired) electrons. The molecule has 0 saturated heterocycles. The quantitative estimate of drug-likeness (QED) is 0.0581. The minimum absolute atomic E-state index is 0.00379. The molecule has 2 heterocycles. The lowest BCUT2D eigenvalue weighted by Crippen LogP contribution is -2.70. The Hall–Kier alpha value is -4.23. The van der Waals surface area contributed by atoms with E-state index >= 15 is 0 Å². The fraction of sp³-hybridized carbons (Fsp3) is 0.556. The summed E-state index contributed by atoms with van der Waals surface area (Å²) in [4.78, 5) is 22.4. The van der Waals surface area contributed by atoms with Crippen LogP contribution >= 0.6 is 11.6 Å². The van der Waals surface area contributed by atoms with Crippen LogP contribution in [0, 0.1) is 17.8 Å². The van der Waals surface area contributed by atoms with E-state index in [-0.39, 0.29) is 69.8 Å². The minimum atomic E-state index is -1.47. The van der Waals surface area contributed by atoms with Gasteiger partial charge in [-0.05, 0) is 99.8 Å². The van der Waals surface area contributed by atoms with Crippen LogP contribution in [-0.4, -0.2) is 90.1 Å². The van der Waals surface area contributed by atoms with Crippen molar-refractivity contribution in [2.45, 2.75) is 95.6 Å².